The lowest BCUT2D eigenvalue weighted by molar-refractivity contribution is 0.628. The number of aromatic nitrogens is 4. The molecule has 0 atom stereocenters. The summed E-state index contributed by atoms with van der Waals surface area (Å²) < 4.78 is 17.1. The van der Waals surface area contributed by atoms with Gasteiger partial charge in [-0.15, -0.1) is 0 Å². The van der Waals surface area contributed by atoms with E-state index >= 15 is 0 Å². The largest absolute Gasteiger partial charge is 0.306 e. The van der Waals surface area contributed by atoms with Gasteiger partial charge < -0.3 is 4.57 Å². The number of benzene rings is 2. The van der Waals surface area contributed by atoms with Crippen molar-refractivity contribution in [2.45, 2.75) is 6.92 Å². The van der Waals surface area contributed by atoms with Crippen molar-refractivity contribution in [3.05, 3.63) is 94.1 Å². The van der Waals surface area contributed by atoms with Crippen molar-refractivity contribution in [1.82, 2.24) is 19.1 Å². The van der Waals surface area contributed by atoms with Gasteiger partial charge in [0.15, 0.2) is 0 Å². The number of halogens is 2. The lowest BCUT2D eigenvalue weighted by Gasteiger charge is -2.14. The molecular weight excluding hydrogens is 391 g/mol. The number of imidazole rings is 1. The van der Waals surface area contributed by atoms with Gasteiger partial charge in [-0.05, 0) is 49.4 Å². The molecule has 0 saturated carbocycles. The van der Waals surface area contributed by atoms with E-state index in [0.717, 1.165) is 27.7 Å². The van der Waals surface area contributed by atoms with Crippen LogP contribution >= 0.6 is 11.6 Å². The van der Waals surface area contributed by atoms with Gasteiger partial charge in [0.05, 0.1) is 33.8 Å². The van der Waals surface area contributed by atoms with Crippen LogP contribution in [-0.4, -0.2) is 19.1 Å². The Morgan fingerprint density at radius 1 is 1.00 bits per heavy atom. The Morgan fingerprint density at radius 3 is 2.59 bits per heavy atom. The molecule has 0 aliphatic carbocycles. The summed E-state index contributed by atoms with van der Waals surface area (Å²) in [6.45, 7) is 1.92. The molecule has 3 heterocycles. The number of fused-ring (bicyclic) bond motifs is 3. The third-order valence-electron chi connectivity index (χ3n) is 4.87. The molecule has 0 amide bonds. The predicted molar refractivity (Wildman–Crippen MR) is 112 cm³/mol. The van der Waals surface area contributed by atoms with Crippen LogP contribution in [0.4, 0.5) is 4.39 Å². The molecule has 5 rings (SSSR count). The van der Waals surface area contributed by atoms with Crippen LogP contribution in [0.5, 0.6) is 0 Å². The van der Waals surface area contributed by atoms with Crippen molar-refractivity contribution < 1.29 is 4.39 Å². The molecule has 0 aliphatic rings. The van der Waals surface area contributed by atoms with Crippen LogP contribution in [-0.2, 0) is 0 Å². The molecule has 0 saturated heterocycles. The monoisotopic (exact) mass is 404 g/mol. The van der Waals surface area contributed by atoms with Gasteiger partial charge in [0, 0.05) is 34.9 Å². The Hall–Kier alpha value is -3.51. The summed E-state index contributed by atoms with van der Waals surface area (Å²) >= 11 is 5.98. The zero-order valence-electron chi connectivity index (χ0n) is 15.3. The first-order valence-electron chi connectivity index (χ1n) is 8.92. The molecule has 3 aromatic heterocycles. The summed E-state index contributed by atoms with van der Waals surface area (Å²) in [5, 5.41) is 1.54. The summed E-state index contributed by atoms with van der Waals surface area (Å²) in [5.41, 5.74) is 3.47. The molecule has 0 aliphatic heterocycles. The molecule has 0 unspecified atom stereocenters. The molecule has 29 heavy (non-hydrogen) atoms. The first-order chi connectivity index (χ1) is 14.0. The fourth-order valence-corrected chi connectivity index (χ4v) is 3.68. The minimum absolute atomic E-state index is 0.0423. The average molecular weight is 405 g/mol. The van der Waals surface area contributed by atoms with E-state index in [4.69, 9.17) is 11.6 Å². The van der Waals surface area contributed by atoms with Crippen molar-refractivity contribution in [3.63, 3.8) is 0 Å². The topological polar surface area (TPSA) is 52.7 Å². The Morgan fingerprint density at radius 2 is 1.83 bits per heavy atom. The van der Waals surface area contributed by atoms with Crippen molar-refractivity contribution in [2.75, 3.05) is 0 Å². The highest BCUT2D eigenvalue weighted by atomic mass is 35.5. The van der Waals surface area contributed by atoms with E-state index in [2.05, 4.69) is 9.97 Å². The van der Waals surface area contributed by atoms with Gasteiger partial charge in [-0.1, -0.05) is 11.6 Å². The van der Waals surface area contributed by atoms with Gasteiger partial charge in [-0.25, -0.2) is 9.37 Å². The maximum atomic E-state index is 13.7. The minimum atomic E-state index is -0.534. The van der Waals surface area contributed by atoms with Gasteiger partial charge in [-0.2, -0.15) is 0 Å². The van der Waals surface area contributed by atoms with Crippen LogP contribution in [0.25, 0.3) is 33.2 Å². The van der Waals surface area contributed by atoms with E-state index in [1.807, 2.05) is 35.9 Å². The molecule has 142 valence electrons. The first-order valence-corrected chi connectivity index (χ1v) is 9.30. The normalized spacial score (nSPS) is 11.4. The quantitative estimate of drug-likeness (QED) is 0.396. The lowest BCUT2D eigenvalue weighted by Crippen LogP contribution is -2.17. The standard InChI is InChI=1S/C22H14ClFN4O/c1-13-11-27(12-26-13)15-4-6-20-17(8-15)22-14(10-25-20)2-7-21(29)28(22)16-3-5-19(24)18(23)9-16/h2-12H,1H3. The van der Waals surface area contributed by atoms with Crippen molar-refractivity contribution >= 4 is 33.4 Å². The van der Waals surface area contributed by atoms with E-state index in [0.29, 0.717) is 11.2 Å². The Labute approximate surface area is 169 Å². The van der Waals surface area contributed by atoms with Crippen LogP contribution in [0.3, 0.4) is 0 Å². The molecule has 0 radical (unpaired) electrons. The second-order valence-corrected chi connectivity index (χ2v) is 7.20. The van der Waals surface area contributed by atoms with Crippen molar-refractivity contribution in [3.8, 4) is 11.4 Å². The highest BCUT2D eigenvalue weighted by molar-refractivity contribution is 6.30. The van der Waals surface area contributed by atoms with Crippen molar-refractivity contribution in [1.29, 1.82) is 0 Å². The fraction of sp³-hybridized carbons (Fsp3) is 0.0455. The molecule has 2 aromatic carbocycles. The lowest BCUT2D eigenvalue weighted by atomic mass is 10.1. The van der Waals surface area contributed by atoms with Crippen molar-refractivity contribution in [2.24, 2.45) is 0 Å². The highest BCUT2D eigenvalue weighted by Gasteiger charge is 2.13. The minimum Gasteiger partial charge on any atom is -0.306 e. The van der Waals surface area contributed by atoms with Crippen LogP contribution < -0.4 is 5.56 Å². The van der Waals surface area contributed by atoms with Crippen LogP contribution in [0.15, 0.2) is 72.0 Å². The molecule has 7 heteroatoms. The Balaban J connectivity index is 1.89. The summed E-state index contributed by atoms with van der Waals surface area (Å²) in [4.78, 5) is 21.6. The molecule has 0 N–H and O–H groups in total. The van der Waals surface area contributed by atoms with Gasteiger partial charge in [0.25, 0.3) is 5.56 Å². The molecule has 0 bridgehead atoms. The maximum Gasteiger partial charge on any atom is 0.255 e. The fourth-order valence-electron chi connectivity index (χ4n) is 3.50. The third kappa shape index (κ3) is 2.89. The first kappa shape index (κ1) is 17.6. The summed E-state index contributed by atoms with van der Waals surface area (Å²) in [6.07, 6.45) is 5.38. The highest BCUT2D eigenvalue weighted by Crippen LogP contribution is 2.28. The number of rotatable bonds is 2. The summed E-state index contributed by atoms with van der Waals surface area (Å²) in [7, 11) is 0. The smallest absolute Gasteiger partial charge is 0.255 e. The molecular formula is C22H14ClFN4O. The van der Waals surface area contributed by atoms with E-state index in [-0.39, 0.29) is 10.6 Å². The van der Waals surface area contributed by atoms with Gasteiger partial charge >= 0.3 is 0 Å². The van der Waals surface area contributed by atoms with Gasteiger partial charge in [-0.3, -0.25) is 14.3 Å². The number of hydrogen-bond donors (Lipinski definition) is 0. The SMILES string of the molecule is Cc1cn(-c2ccc3ncc4ccc(=O)n(-c5ccc(F)c(Cl)c5)c4c3c2)cn1. The number of pyridine rings is 2. The zero-order valence-corrected chi connectivity index (χ0v) is 16.1. The average Bonchev–Trinajstić information content (AvgIpc) is 3.16. The van der Waals surface area contributed by atoms with E-state index in [1.54, 1.807) is 18.6 Å². The second-order valence-electron chi connectivity index (χ2n) is 6.79. The Kier molecular flexibility index (Phi) is 3.96. The van der Waals surface area contributed by atoms with E-state index in [1.165, 1.54) is 28.8 Å². The maximum absolute atomic E-state index is 13.7. The molecule has 0 fully saturated rings. The summed E-state index contributed by atoms with van der Waals surface area (Å²) in [6, 6.07) is 13.3. The predicted octanol–water partition coefficient (Wildman–Crippen LogP) is 4.83. The van der Waals surface area contributed by atoms with Crippen LogP contribution in [0, 0.1) is 12.7 Å². The van der Waals surface area contributed by atoms with E-state index in [9.17, 15) is 9.18 Å². The second kappa shape index (κ2) is 6.53. The number of hydrogen-bond acceptors (Lipinski definition) is 3. The molecule has 5 nitrogen and oxygen atoms in total. The van der Waals surface area contributed by atoms with Crippen LogP contribution in [0.1, 0.15) is 5.69 Å². The Bertz CT molecular complexity index is 1470. The zero-order chi connectivity index (χ0) is 20.1. The van der Waals surface area contributed by atoms with E-state index < -0.39 is 5.82 Å². The molecule has 0 spiro atoms. The third-order valence-corrected chi connectivity index (χ3v) is 5.16. The van der Waals surface area contributed by atoms with Gasteiger partial charge in [0.2, 0.25) is 0 Å². The summed E-state index contributed by atoms with van der Waals surface area (Å²) in [5.74, 6) is -0.534. The number of nitrogens with zero attached hydrogens (tertiary/aromatic N) is 4. The molecule has 5 aromatic rings. The number of aryl methyl sites for hydroxylation is 1. The van der Waals surface area contributed by atoms with Crippen LogP contribution in [0.2, 0.25) is 5.02 Å². The van der Waals surface area contributed by atoms with Gasteiger partial charge in [0.1, 0.15) is 5.82 Å².